The maximum Gasteiger partial charge on any atom is 0.289 e. The number of aromatic nitrogens is 4. The Morgan fingerprint density at radius 2 is 1.91 bits per heavy atom. The Labute approximate surface area is 132 Å². The smallest absolute Gasteiger partial charge is 0.289 e. The van der Waals surface area contributed by atoms with Crippen molar-refractivity contribution in [3.8, 4) is 0 Å². The van der Waals surface area contributed by atoms with Crippen LogP contribution in [0.4, 0.5) is 0 Å². The molecular weight excluding hydrogens is 300 g/mol. The van der Waals surface area contributed by atoms with Crippen molar-refractivity contribution in [2.75, 3.05) is 26.2 Å². The number of tetrazole rings is 1. The van der Waals surface area contributed by atoms with Gasteiger partial charge in [-0.2, -0.15) is 0 Å². The summed E-state index contributed by atoms with van der Waals surface area (Å²) in [5.74, 6) is 0.965. The zero-order valence-corrected chi connectivity index (χ0v) is 12.9. The Hall–Kier alpha value is -2.71. The molecule has 0 aromatic carbocycles. The highest BCUT2D eigenvalue weighted by Gasteiger charge is 2.26. The lowest BCUT2D eigenvalue weighted by Gasteiger charge is -2.34. The third kappa shape index (κ3) is 3.38. The zero-order valence-electron chi connectivity index (χ0n) is 12.9. The Kier molecular flexibility index (Phi) is 4.35. The molecule has 23 heavy (non-hydrogen) atoms. The summed E-state index contributed by atoms with van der Waals surface area (Å²) in [6.07, 6.45) is 2.16. The lowest BCUT2D eigenvalue weighted by molar-refractivity contribution is -0.133. The van der Waals surface area contributed by atoms with E-state index in [2.05, 4.69) is 15.5 Å². The Morgan fingerprint density at radius 1 is 1.17 bits per heavy atom. The van der Waals surface area contributed by atoms with Gasteiger partial charge in [-0.1, -0.05) is 6.92 Å². The molecule has 0 bridgehead atoms. The minimum absolute atomic E-state index is 0.0596. The number of carbonyl (C=O) groups excluding carboxylic acids is 2. The highest BCUT2D eigenvalue weighted by atomic mass is 16.4. The van der Waals surface area contributed by atoms with Crippen LogP contribution in [0.3, 0.4) is 0 Å². The molecule has 2 aromatic heterocycles. The van der Waals surface area contributed by atoms with Gasteiger partial charge in [-0.3, -0.25) is 9.59 Å². The van der Waals surface area contributed by atoms with E-state index in [9.17, 15) is 9.59 Å². The number of hydrogen-bond donors (Lipinski definition) is 0. The summed E-state index contributed by atoms with van der Waals surface area (Å²) in [5.41, 5.74) is 0. The molecule has 3 rings (SSSR count). The van der Waals surface area contributed by atoms with Gasteiger partial charge in [0.25, 0.3) is 5.91 Å². The van der Waals surface area contributed by atoms with E-state index in [1.54, 1.807) is 15.9 Å². The monoisotopic (exact) mass is 318 g/mol. The number of piperazine rings is 1. The lowest BCUT2D eigenvalue weighted by Crippen LogP contribution is -2.51. The molecule has 9 nitrogen and oxygen atoms in total. The predicted molar refractivity (Wildman–Crippen MR) is 78.4 cm³/mol. The van der Waals surface area contributed by atoms with Crippen LogP contribution in [0.5, 0.6) is 0 Å². The van der Waals surface area contributed by atoms with Crippen molar-refractivity contribution in [3.63, 3.8) is 0 Å². The van der Waals surface area contributed by atoms with Crippen LogP contribution in [0, 0.1) is 0 Å². The fourth-order valence-electron chi connectivity index (χ4n) is 2.49. The largest absolute Gasteiger partial charge is 0.456 e. The molecule has 1 aliphatic rings. The van der Waals surface area contributed by atoms with Crippen LogP contribution < -0.4 is 0 Å². The molecule has 2 amide bonds. The van der Waals surface area contributed by atoms with E-state index in [0.717, 1.165) is 12.2 Å². The van der Waals surface area contributed by atoms with E-state index in [1.807, 2.05) is 13.0 Å². The van der Waals surface area contributed by atoms with Crippen LogP contribution in [0.2, 0.25) is 0 Å². The number of amides is 2. The van der Waals surface area contributed by atoms with E-state index < -0.39 is 0 Å². The molecule has 0 atom stereocenters. The molecule has 1 fully saturated rings. The number of carbonyl (C=O) groups is 2. The van der Waals surface area contributed by atoms with Crippen molar-refractivity contribution in [2.45, 2.75) is 19.9 Å². The molecule has 0 N–H and O–H groups in total. The third-order valence-corrected chi connectivity index (χ3v) is 3.83. The van der Waals surface area contributed by atoms with E-state index in [0.29, 0.717) is 31.9 Å². The molecule has 0 aliphatic carbocycles. The molecule has 9 heteroatoms. The van der Waals surface area contributed by atoms with Crippen LogP contribution in [0.25, 0.3) is 0 Å². The average Bonchev–Trinajstić information content (AvgIpc) is 3.25. The maximum atomic E-state index is 12.4. The molecule has 0 unspecified atom stereocenters. The van der Waals surface area contributed by atoms with Crippen molar-refractivity contribution in [2.24, 2.45) is 0 Å². The van der Waals surface area contributed by atoms with Crippen LogP contribution in [-0.2, 0) is 17.8 Å². The SMILES string of the molecule is CCc1ccc(C(=O)N2CCN(C(=O)Cn3cnnn3)CC2)o1. The Balaban J connectivity index is 1.53. The fourth-order valence-corrected chi connectivity index (χ4v) is 2.49. The van der Waals surface area contributed by atoms with E-state index >= 15 is 0 Å². The van der Waals surface area contributed by atoms with Crippen molar-refractivity contribution < 1.29 is 14.0 Å². The topological polar surface area (TPSA) is 97.4 Å². The summed E-state index contributed by atoms with van der Waals surface area (Å²) in [5, 5.41) is 10.7. The second-order valence-corrected chi connectivity index (χ2v) is 5.30. The van der Waals surface area contributed by atoms with Crippen molar-refractivity contribution in [1.29, 1.82) is 0 Å². The van der Waals surface area contributed by atoms with Gasteiger partial charge in [0.15, 0.2) is 5.76 Å². The highest BCUT2D eigenvalue weighted by molar-refractivity contribution is 5.91. The number of nitrogens with zero attached hydrogens (tertiary/aromatic N) is 6. The molecular formula is C14H18N6O3. The quantitative estimate of drug-likeness (QED) is 0.775. The summed E-state index contributed by atoms with van der Waals surface area (Å²) in [7, 11) is 0. The van der Waals surface area contributed by atoms with Gasteiger partial charge in [0.1, 0.15) is 18.6 Å². The van der Waals surface area contributed by atoms with Gasteiger partial charge < -0.3 is 14.2 Å². The predicted octanol–water partition coefficient (Wildman–Crippen LogP) is -0.187. The van der Waals surface area contributed by atoms with E-state index in [-0.39, 0.29) is 18.4 Å². The fraction of sp³-hybridized carbons (Fsp3) is 0.500. The van der Waals surface area contributed by atoms with Gasteiger partial charge in [-0.05, 0) is 22.6 Å². The number of aryl methyl sites for hydroxylation is 1. The second-order valence-electron chi connectivity index (χ2n) is 5.30. The van der Waals surface area contributed by atoms with Gasteiger partial charge in [0.05, 0.1) is 0 Å². The normalized spacial score (nSPS) is 15.0. The first-order valence-corrected chi connectivity index (χ1v) is 7.54. The summed E-state index contributed by atoms with van der Waals surface area (Å²) in [4.78, 5) is 27.9. The molecule has 122 valence electrons. The number of rotatable bonds is 4. The lowest BCUT2D eigenvalue weighted by atomic mass is 10.2. The van der Waals surface area contributed by atoms with Crippen molar-refractivity contribution in [3.05, 3.63) is 30.0 Å². The first-order valence-electron chi connectivity index (χ1n) is 7.54. The summed E-state index contributed by atoms with van der Waals surface area (Å²) < 4.78 is 6.88. The molecule has 3 heterocycles. The molecule has 0 spiro atoms. The second kappa shape index (κ2) is 6.59. The van der Waals surface area contributed by atoms with Gasteiger partial charge in [-0.25, -0.2) is 4.68 Å². The van der Waals surface area contributed by atoms with Crippen molar-refractivity contribution >= 4 is 11.8 Å². The Morgan fingerprint density at radius 3 is 2.52 bits per heavy atom. The van der Waals surface area contributed by atoms with Gasteiger partial charge in [0, 0.05) is 32.6 Å². The van der Waals surface area contributed by atoms with E-state index in [4.69, 9.17) is 4.42 Å². The van der Waals surface area contributed by atoms with Crippen LogP contribution in [0.15, 0.2) is 22.9 Å². The molecule has 2 aromatic rings. The number of furan rings is 1. The van der Waals surface area contributed by atoms with Gasteiger partial charge >= 0.3 is 0 Å². The summed E-state index contributed by atoms with van der Waals surface area (Å²) in [6, 6.07) is 3.52. The summed E-state index contributed by atoms with van der Waals surface area (Å²) in [6.45, 7) is 4.05. The highest BCUT2D eigenvalue weighted by Crippen LogP contribution is 2.13. The standard InChI is InChI=1S/C14H18N6O3/c1-2-11-3-4-12(23-11)14(22)19-7-5-18(6-8-19)13(21)9-20-10-15-16-17-20/h3-4,10H,2,5-9H2,1H3. The molecule has 0 saturated carbocycles. The molecule has 1 saturated heterocycles. The summed E-state index contributed by atoms with van der Waals surface area (Å²) >= 11 is 0. The van der Waals surface area contributed by atoms with Crippen LogP contribution >= 0.6 is 0 Å². The van der Waals surface area contributed by atoms with Crippen molar-refractivity contribution in [1.82, 2.24) is 30.0 Å². The van der Waals surface area contributed by atoms with Crippen LogP contribution in [0.1, 0.15) is 23.2 Å². The minimum atomic E-state index is -0.128. The third-order valence-electron chi connectivity index (χ3n) is 3.83. The zero-order chi connectivity index (χ0) is 16.2. The number of hydrogen-bond acceptors (Lipinski definition) is 6. The maximum absolute atomic E-state index is 12.4. The minimum Gasteiger partial charge on any atom is -0.456 e. The van der Waals surface area contributed by atoms with E-state index in [1.165, 1.54) is 11.0 Å². The first-order chi connectivity index (χ1) is 11.2. The molecule has 0 radical (unpaired) electrons. The average molecular weight is 318 g/mol. The van der Waals surface area contributed by atoms with Gasteiger partial charge in [0.2, 0.25) is 5.91 Å². The van der Waals surface area contributed by atoms with Crippen LogP contribution in [-0.4, -0.2) is 68.0 Å². The first kappa shape index (κ1) is 15.2. The Bertz CT molecular complexity index is 673. The van der Waals surface area contributed by atoms with Gasteiger partial charge in [-0.15, -0.1) is 5.10 Å². The molecule has 1 aliphatic heterocycles.